The Morgan fingerprint density at radius 1 is 1.38 bits per heavy atom. The van der Waals surface area contributed by atoms with Crippen LogP contribution >= 0.6 is 15.9 Å². The third-order valence-electron chi connectivity index (χ3n) is 2.89. The number of carbonyl (C=O) groups excluding carboxylic acids is 1. The van der Waals surface area contributed by atoms with E-state index in [0.29, 0.717) is 16.5 Å². The van der Waals surface area contributed by atoms with E-state index in [1.807, 2.05) is 0 Å². The van der Waals surface area contributed by atoms with Gasteiger partial charge in [-0.2, -0.15) is 0 Å². The minimum Gasteiger partial charge on any atom is -0.481 e. The van der Waals surface area contributed by atoms with Gasteiger partial charge in [-0.3, -0.25) is 9.59 Å². The van der Waals surface area contributed by atoms with Crippen LogP contribution in [0, 0.1) is 5.41 Å². The van der Waals surface area contributed by atoms with Crippen molar-refractivity contribution < 1.29 is 14.7 Å². The fourth-order valence-electron chi connectivity index (χ4n) is 2.16. The predicted molar refractivity (Wildman–Crippen MR) is 86.4 cm³/mol. The maximum Gasteiger partial charge on any atom is 0.305 e. The Kier molecular flexibility index (Phi) is 5.78. The molecule has 1 aromatic rings. The highest BCUT2D eigenvalue weighted by atomic mass is 79.9. The first kappa shape index (κ1) is 17.5. The number of aliphatic carboxylic acids is 1. The molecule has 0 saturated heterocycles. The quantitative estimate of drug-likeness (QED) is 0.729. The van der Waals surface area contributed by atoms with Gasteiger partial charge in [-0.05, 0) is 46.0 Å². The van der Waals surface area contributed by atoms with Gasteiger partial charge in [0.05, 0.1) is 12.0 Å². The smallest absolute Gasteiger partial charge is 0.305 e. The van der Waals surface area contributed by atoms with Crippen LogP contribution in [0.4, 0.5) is 5.69 Å². The Hall–Kier alpha value is -1.56. The summed E-state index contributed by atoms with van der Waals surface area (Å²) in [7, 11) is 0. The number of primary amides is 1. The zero-order chi connectivity index (χ0) is 16.2. The molecule has 4 N–H and O–H groups in total. The molecule has 0 bridgehead atoms. The van der Waals surface area contributed by atoms with Crippen LogP contribution in [0.2, 0.25) is 0 Å². The normalized spacial score (nSPS) is 12.8. The van der Waals surface area contributed by atoms with Crippen molar-refractivity contribution in [2.75, 3.05) is 5.32 Å². The molecular formula is C15H21BrN2O3. The van der Waals surface area contributed by atoms with Crippen molar-refractivity contribution >= 4 is 33.5 Å². The van der Waals surface area contributed by atoms with Crippen LogP contribution in [0.3, 0.4) is 0 Å². The number of hydrogen-bond acceptors (Lipinski definition) is 3. The number of nitrogens with two attached hydrogens (primary N) is 1. The lowest BCUT2D eigenvalue weighted by Crippen LogP contribution is -2.28. The van der Waals surface area contributed by atoms with Crippen molar-refractivity contribution in [3.05, 3.63) is 28.2 Å². The molecule has 0 aromatic heterocycles. The van der Waals surface area contributed by atoms with E-state index in [4.69, 9.17) is 10.8 Å². The van der Waals surface area contributed by atoms with Gasteiger partial charge in [0.15, 0.2) is 0 Å². The third kappa shape index (κ3) is 6.16. The summed E-state index contributed by atoms with van der Waals surface area (Å²) < 4.78 is 0.588. The van der Waals surface area contributed by atoms with Gasteiger partial charge < -0.3 is 16.2 Å². The maximum absolute atomic E-state index is 11.2. The van der Waals surface area contributed by atoms with Crippen LogP contribution in [-0.2, 0) is 4.79 Å². The summed E-state index contributed by atoms with van der Waals surface area (Å²) in [5.41, 5.74) is 6.41. The van der Waals surface area contributed by atoms with Crippen molar-refractivity contribution in [2.45, 2.75) is 39.7 Å². The van der Waals surface area contributed by atoms with Crippen molar-refractivity contribution in [2.24, 2.45) is 11.1 Å². The van der Waals surface area contributed by atoms with Crippen LogP contribution in [0.15, 0.2) is 22.7 Å². The Labute approximate surface area is 133 Å². The summed E-state index contributed by atoms with van der Waals surface area (Å²) in [6.07, 6.45) is 0.751. The number of rotatable bonds is 6. The van der Waals surface area contributed by atoms with Crippen LogP contribution in [0.1, 0.15) is 44.0 Å². The molecule has 1 rings (SSSR count). The standard InChI is InChI=1S/C15H21BrN2O3/c1-15(2,3)8-10(7-13(19)20)18-9-4-5-11(14(17)21)12(16)6-9/h4-6,10,18H,7-8H2,1-3H3,(H2,17,21)(H,19,20). The highest BCUT2D eigenvalue weighted by molar-refractivity contribution is 9.10. The zero-order valence-corrected chi connectivity index (χ0v) is 14.0. The largest absolute Gasteiger partial charge is 0.481 e. The monoisotopic (exact) mass is 356 g/mol. The highest BCUT2D eigenvalue weighted by Gasteiger charge is 2.21. The van der Waals surface area contributed by atoms with Crippen molar-refractivity contribution in [1.82, 2.24) is 0 Å². The van der Waals surface area contributed by atoms with Gasteiger partial charge in [-0.25, -0.2) is 0 Å². The highest BCUT2D eigenvalue weighted by Crippen LogP contribution is 2.26. The molecule has 21 heavy (non-hydrogen) atoms. The topological polar surface area (TPSA) is 92.4 Å². The number of halogens is 1. The molecule has 5 nitrogen and oxygen atoms in total. The lowest BCUT2D eigenvalue weighted by Gasteiger charge is -2.26. The number of benzene rings is 1. The SMILES string of the molecule is CC(C)(C)CC(CC(=O)O)Nc1ccc(C(N)=O)c(Br)c1. The molecular weight excluding hydrogens is 336 g/mol. The Balaban J connectivity index is 2.90. The number of carboxylic acid groups (broad SMARTS) is 1. The second kappa shape index (κ2) is 6.93. The number of amides is 1. The molecule has 0 heterocycles. The minimum atomic E-state index is -0.843. The number of anilines is 1. The lowest BCUT2D eigenvalue weighted by molar-refractivity contribution is -0.137. The molecule has 0 aliphatic carbocycles. The molecule has 0 saturated carbocycles. The fourth-order valence-corrected chi connectivity index (χ4v) is 2.74. The summed E-state index contributed by atoms with van der Waals surface area (Å²) >= 11 is 3.29. The van der Waals surface area contributed by atoms with E-state index in [-0.39, 0.29) is 17.9 Å². The van der Waals surface area contributed by atoms with Gasteiger partial charge in [0.1, 0.15) is 0 Å². The zero-order valence-electron chi connectivity index (χ0n) is 12.4. The predicted octanol–water partition coefficient (Wildman–Crippen LogP) is 3.24. The molecule has 0 aliphatic heterocycles. The summed E-state index contributed by atoms with van der Waals surface area (Å²) in [6.45, 7) is 6.20. The first-order valence-corrected chi connectivity index (χ1v) is 7.45. The Morgan fingerprint density at radius 3 is 2.43 bits per heavy atom. The molecule has 116 valence electrons. The lowest BCUT2D eigenvalue weighted by atomic mass is 9.87. The fraction of sp³-hybridized carbons (Fsp3) is 0.467. The molecule has 1 aromatic carbocycles. The Bertz CT molecular complexity index is 538. The van der Waals surface area contributed by atoms with Crippen molar-refractivity contribution in [1.29, 1.82) is 0 Å². The van der Waals surface area contributed by atoms with E-state index in [0.717, 1.165) is 5.69 Å². The van der Waals surface area contributed by atoms with Gasteiger partial charge in [0.2, 0.25) is 5.91 Å². The molecule has 6 heteroatoms. The molecule has 1 unspecified atom stereocenters. The molecule has 0 fully saturated rings. The van der Waals surface area contributed by atoms with E-state index < -0.39 is 11.9 Å². The summed E-state index contributed by atoms with van der Waals surface area (Å²) in [5.74, 6) is -1.35. The van der Waals surface area contributed by atoms with Crippen molar-refractivity contribution in [3.8, 4) is 0 Å². The first-order valence-electron chi connectivity index (χ1n) is 6.66. The molecule has 1 atom stereocenters. The second-order valence-electron chi connectivity index (χ2n) is 6.26. The van der Waals surface area contributed by atoms with Gasteiger partial charge in [0.25, 0.3) is 0 Å². The van der Waals surface area contributed by atoms with Gasteiger partial charge in [-0.15, -0.1) is 0 Å². The second-order valence-corrected chi connectivity index (χ2v) is 7.12. The molecule has 0 spiro atoms. The maximum atomic E-state index is 11.2. The third-order valence-corrected chi connectivity index (χ3v) is 3.54. The summed E-state index contributed by atoms with van der Waals surface area (Å²) in [5, 5.41) is 12.2. The van der Waals surface area contributed by atoms with Crippen LogP contribution in [-0.4, -0.2) is 23.0 Å². The van der Waals surface area contributed by atoms with E-state index in [1.54, 1.807) is 18.2 Å². The average molecular weight is 357 g/mol. The van der Waals surface area contributed by atoms with Crippen LogP contribution < -0.4 is 11.1 Å². The first-order chi connectivity index (χ1) is 9.58. The van der Waals surface area contributed by atoms with Crippen molar-refractivity contribution in [3.63, 3.8) is 0 Å². The molecule has 0 radical (unpaired) electrons. The summed E-state index contributed by atoms with van der Waals surface area (Å²) in [4.78, 5) is 22.2. The number of carbonyl (C=O) groups is 2. The Morgan fingerprint density at radius 2 is 2.00 bits per heavy atom. The average Bonchev–Trinajstić information content (AvgIpc) is 2.24. The van der Waals surface area contributed by atoms with E-state index in [2.05, 4.69) is 42.0 Å². The van der Waals surface area contributed by atoms with Gasteiger partial charge in [0, 0.05) is 16.2 Å². The van der Waals surface area contributed by atoms with Crippen LogP contribution in [0.25, 0.3) is 0 Å². The molecule has 0 aliphatic rings. The van der Waals surface area contributed by atoms with E-state index >= 15 is 0 Å². The summed E-state index contributed by atoms with van der Waals surface area (Å²) in [6, 6.07) is 4.89. The van der Waals surface area contributed by atoms with E-state index in [1.165, 1.54) is 0 Å². The van der Waals surface area contributed by atoms with Gasteiger partial charge >= 0.3 is 5.97 Å². The number of nitrogens with one attached hydrogen (secondary N) is 1. The van der Waals surface area contributed by atoms with E-state index in [9.17, 15) is 9.59 Å². The number of carboxylic acids is 1. The van der Waals surface area contributed by atoms with Gasteiger partial charge in [-0.1, -0.05) is 20.8 Å². The minimum absolute atomic E-state index is 0.0114. The van der Waals surface area contributed by atoms with Crippen LogP contribution in [0.5, 0.6) is 0 Å². The number of hydrogen-bond donors (Lipinski definition) is 3. The molecule has 1 amide bonds.